The Balaban J connectivity index is 2.37. The minimum Gasteiger partial charge on any atom is -0.396 e. The Morgan fingerprint density at radius 1 is 1.77 bits per heavy atom. The first-order valence-corrected chi connectivity index (χ1v) is 4.77. The van der Waals surface area contributed by atoms with Crippen molar-refractivity contribution in [1.29, 1.82) is 0 Å². The minimum absolute atomic E-state index is 0.1000. The second-order valence-corrected chi connectivity index (χ2v) is 3.34. The van der Waals surface area contributed by atoms with Crippen molar-refractivity contribution in [3.63, 3.8) is 0 Å². The summed E-state index contributed by atoms with van der Waals surface area (Å²) in [6.07, 6.45) is 2.14. The van der Waals surface area contributed by atoms with Gasteiger partial charge in [0.2, 0.25) is 5.13 Å². The number of aliphatic hydroxyl groups is 1. The molecular formula is C7H13N3O2S. The summed E-state index contributed by atoms with van der Waals surface area (Å²) in [6.45, 7) is 0.694. The highest BCUT2D eigenvalue weighted by Crippen LogP contribution is 2.09. The van der Waals surface area contributed by atoms with E-state index in [0.717, 1.165) is 5.13 Å². The van der Waals surface area contributed by atoms with Gasteiger partial charge >= 0.3 is 0 Å². The van der Waals surface area contributed by atoms with Crippen LogP contribution in [-0.4, -0.2) is 40.8 Å². The van der Waals surface area contributed by atoms with E-state index in [9.17, 15) is 0 Å². The zero-order valence-corrected chi connectivity index (χ0v) is 8.25. The van der Waals surface area contributed by atoms with Gasteiger partial charge in [-0.25, -0.2) is 4.98 Å². The van der Waals surface area contributed by atoms with Crippen LogP contribution in [0, 0.1) is 0 Å². The highest BCUT2D eigenvalue weighted by molar-refractivity contribution is 7.09. The van der Waals surface area contributed by atoms with E-state index in [1.807, 2.05) is 0 Å². The van der Waals surface area contributed by atoms with Crippen LogP contribution in [0.15, 0.2) is 6.33 Å². The monoisotopic (exact) mass is 203 g/mol. The van der Waals surface area contributed by atoms with Crippen LogP contribution in [0.5, 0.6) is 0 Å². The molecule has 0 radical (unpaired) electrons. The lowest BCUT2D eigenvalue weighted by molar-refractivity contribution is 0.170. The van der Waals surface area contributed by atoms with Gasteiger partial charge in [0, 0.05) is 25.2 Å². The quantitative estimate of drug-likeness (QED) is 0.698. The molecule has 1 heterocycles. The molecule has 0 saturated carbocycles. The maximum atomic E-state index is 8.76. The van der Waals surface area contributed by atoms with Crippen LogP contribution < -0.4 is 5.32 Å². The molecule has 0 amide bonds. The zero-order chi connectivity index (χ0) is 9.52. The van der Waals surface area contributed by atoms with Crippen molar-refractivity contribution in [2.75, 3.05) is 25.6 Å². The van der Waals surface area contributed by atoms with Gasteiger partial charge in [0.1, 0.15) is 6.33 Å². The van der Waals surface area contributed by atoms with Crippen LogP contribution >= 0.6 is 11.5 Å². The van der Waals surface area contributed by atoms with Crippen molar-refractivity contribution in [3.05, 3.63) is 6.33 Å². The SMILES string of the molecule is COCC(CCO)Nc1ncns1. The van der Waals surface area contributed by atoms with E-state index in [1.165, 1.54) is 17.9 Å². The molecule has 2 N–H and O–H groups in total. The molecule has 0 saturated heterocycles. The molecule has 6 heteroatoms. The largest absolute Gasteiger partial charge is 0.396 e. The average Bonchev–Trinajstić information content (AvgIpc) is 2.58. The predicted molar refractivity (Wildman–Crippen MR) is 50.9 cm³/mol. The molecule has 1 aromatic rings. The van der Waals surface area contributed by atoms with E-state index < -0.39 is 0 Å². The molecule has 1 aromatic heterocycles. The standard InChI is InChI=1S/C7H13N3O2S/c1-12-4-6(2-3-11)10-7-8-5-9-13-7/h5-6,11H,2-4H2,1H3,(H,8,9,10). The lowest BCUT2D eigenvalue weighted by Crippen LogP contribution is -2.25. The molecular weight excluding hydrogens is 190 g/mol. The van der Waals surface area contributed by atoms with E-state index in [-0.39, 0.29) is 12.6 Å². The summed E-state index contributed by atoms with van der Waals surface area (Å²) in [7, 11) is 1.63. The van der Waals surface area contributed by atoms with Crippen LogP contribution in [0.2, 0.25) is 0 Å². The van der Waals surface area contributed by atoms with Crippen molar-refractivity contribution < 1.29 is 9.84 Å². The zero-order valence-electron chi connectivity index (χ0n) is 7.43. The van der Waals surface area contributed by atoms with Gasteiger partial charge in [-0.1, -0.05) is 0 Å². The normalized spacial score (nSPS) is 12.8. The molecule has 13 heavy (non-hydrogen) atoms. The molecule has 0 aromatic carbocycles. The smallest absolute Gasteiger partial charge is 0.202 e. The van der Waals surface area contributed by atoms with Crippen molar-refractivity contribution in [3.8, 4) is 0 Å². The van der Waals surface area contributed by atoms with E-state index in [4.69, 9.17) is 9.84 Å². The Labute approximate surface area is 80.9 Å². The Kier molecular flexibility index (Phi) is 4.66. The number of nitrogens with zero attached hydrogens (tertiary/aromatic N) is 2. The van der Waals surface area contributed by atoms with Gasteiger partial charge in [-0.15, -0.1) is 0 Å². The topological polar surface area (TPSA) is 67.3 Å². The molecule has 1 unspecified atom stereocenters. The molecule has 0 fully saturated rings. The van der Waals surface area contributed by atoms with Crippen molar-refractivity contribution in [1.82, 2.24) is 9.36 Å². The summed E-state index contributed by atoms with van der Waals surface area (Å²) in [5.41, 5.74) is 0. The van der Waals surface area contributed by atoms with Gasteiger partial charge in [-0.2, -0.15) is 4.37 Å². The summed E-state index contributed by atoms with van der Waals surface area (Å²) in [6, 6.07) is 0.1000. The molecule has 1 rings (SSSR count). The van der Waals surface area contributed by atoms with Crippen LogP contribution in [0.4, 0.5) is 5.13 Å². The molecule has 5 nitrogen and oxygen atoms in total. The Morgan fingerprint density at radius 2 is 2.62 bits per heavy atom. The molecule has 1 atom stereocenters. The Morgan fingerprint density at radius 3 is 3.15 bits per heavy atom. The Hall–Kier alpha value is -0.720. The van der Waals surface area contributed by atoms with Gasteiger partial charge in [-0.3, -0.25) is 0 Å². The van der Waals surface area contributed by atoms with Gasteiger partial charge in [-0.05, 0) is 6.42 Å². The third kappa shape index (κ3) is 3.67. The summed E-state index contributed by atoms with van der Waals surface area (Å²) in [5, 5.41) is 12.6. The lowest BCUT2D eigenvalue weighted by Gasteiger charge is -2.15. The fourth-order valence-electron chi connectivity index (χ4n) is 0.966. The number of aliphatic hydroxyl groups excluding tert-OH is 1. The maximum Gasteiger partial charge on any atom is 0.202 e. The first-order chi connectivity index (χ1) is 6.36. The lowest BCUT2D eigenvalue weighted by atomic mass is 10.2. The summed E-state index contributed by atoms with van der Waals surface area (Å²) < 4.78 is 8.85. The number of anilines is 1. The van der Waals surface area contributed by atoms with Crippen LogP contribution in [0.1, 0.15) is 6.42 Å². The summed E-state index contributed by atoms with van der Waals surface area (Å²) in [4.78, 5) is 3.98. The predicted octanol–water partition coefficient (Wildman–Crippen LogP) is 0.347. The van der Waals surface area contributed by atoms with Crippen molar-refractivity contribution in [2.24, 2.45) is 0 Å². The third-order valence-corrected chi connectivity index (χ3v) is 2.13. The first-order valence-electron chi connectivity index (χ1n) is 4.00. The second kappa shape index (κ2) is 5.85. The average molecular weight is 203 g/mol. The number of hydrogen-bond donors (Lipinski definition) is 2. The molecule has 0 aliphatic heterocycles. The van der Waals surface area contributed by atoms with E-state index in [2.05, 4.69) is 14.7 Å². The van der Waals surface area contributed by atoms with Crippen molar-refractivity contribution >= 4 is 16.7 Å². The number of aromatic nitrogens is 2. The molecule has 0 bridgehead atoms. The van der Waals surface area contributed by atoms with Crippen LogP contribution in [-0.2, 0) is 4.74 Å². The maximum absolute atomic E-state index is 8.76. The minimum atomic E-state index is 0.1000. The number of rotatable bonds is 6. The van der Waals surface area contributed by atoms with E-state index in [0.29, 0.717) is 13.0 Å². The van der Waals surface area contributed by atoms with E-state index >= 15 is 0 Å². The van der Waals surface area contributed by atoms with Gasteiger partial charge in [0.05, 0.1) is 12.6 Å². The third-order valence-electron chi connectivity index (χ3n) is 1.53. The van der Waals surface area contributed by atoms with Crippen LogP contribution in [0.25, 0.3) is 0 Å². The number of ether oxygens (including phenoxy) is 1. The molecule has 0 spiro atoms. The first kappa shape index (κ1) is 10.4. The highest BCUT2D eigenvalue weighted by Gasteiger charge is 2.08. The molecule has 74 valence electrons. The molecule has 0 aliphatic carbocycles. The number of methoxy groups -OCH3 is 1. The van der Waals surface area contributed by atoms with Crippen molar-refractivity contribution in [2.45, 2.75) is 12.5 Å². The summed E-state index contributed by atoms with van der Waals surface area (Å²) >= 11 is 1.29. The van der Waals surface area contributed by atoms with E-state index in [1.54, 1.807) is 7.11 Å². The highest BCUT2D eigenvalue weighted by atomic mass is 32.1. The number of nitrogens with one attached hydrogen (secondary N) is 1. The fourth-order valence-corrected chi connectivity index (χ4v) is 1.47. The summed E-state index contributed by atoms with van der Waals surface area (Å²) in [5.74, 6) is 0. The number of hydrogen-bond acceptors (Lipinski definition) is 6. The Bertz CT molecular complexity index is 212. The van der Waals surface area contributed by atoms with Crippen LogP contribution in [0.3, 0.4) is 0 Å². The van der Waals surface area contributed by atoms with Gasteiger partial charge in [0.15, 0.2) is 0 Å². The van der Waals surface area contributed by atoms with Gasteiger partial charge in [0.25, 0.3) is 0 Å². The second-order valence-electron chi connectivity index (χ2n) is 2.56. The fraction of sp³-hybridized carbons (Fsp3) is 0.714. The van der Waals surface area contributed by atoms with Gasteiger partial charge < -0.3 is 15.2 Å². The molecule has 0 aliphatic rings.